The van der Waals surface area contributed by atoms with E-state index in [1.165, 1.54) is 6.07 Å². The smallest absolute Gasteiger partial charge is 0.123 e. The number of halogens is 2. The summed E-state index contributed by atoms with van der Waals surface area (Å²) < 4.78 is 14.2. The van der Waals surface area contributed by atoms with Crippen molar-refractivity contribution in [2.75, 3.05) is 13.6 Å². The summed E-state index contributed by atoms with van der Waals surface area (Å²) in [4.78, 5) is 2.19. The van der Waals surface area contributed by atoms with Gasteiger partial charge in [-0.15, -0.1) is 0 Å². The van der Waals surface area contributed by atoms with E-state index in [2.05, 4.69) is 34.7 Å². The largest absolute Gasteiger partial charge is 0.329 e. The van der Waals surface area contributed by atoms with E-state index in [9.17, 15) is 4.39 Å². The van der Waals surface area contributed by atoms with Gasteiger partial charge in [0.05, 0.1) is 0 Å². The molecule has 17 heavy (non-hydrogen) atoms. The normalized spacial score (nSPS) is 15.0. The van der Waals surface area contributed by atoms with Crippen LogP contribution in [0.1, 0.15) is 31.9 Å². The average molecular weight is 303 g/mol. The monoisotopic (exact) mass is 302 g/mol. The molecule has 2 atom stereocenters. The number of hydrogen-bond donors (Lipinski definition) is 1. The Balaban J connectivity index is 3.04. The van der Waals surface area contributed by atoms with Crippen LogP contribution in [0.3, 0.4) is 0 Å². The second-order valence-corrected chi connectivity index (χ2v) is 5.19. The van der Waals surface area contributed by atoms with Crippen LogP contribution in [0.2, 0.25) is 0 Å². The van der Waals surface area contributed by atoms with Crippen molar-refractivity contribution >= 4 is 15.9 Å². The SMILES string of the molecule is CCC(C)N(C)C(CN)c1cc(F)ccc1Br. The molecule has 0 amide bonds. The van der Waals surface area contributed by atoms with Gasteiger partial charge < -0.3 is 5.73 Å². The third kappa shape index (κ3) is 3.50. The van der Waals surface area contributed by atoms with Crippen molar-refractivity contribution in [2.45, 2.75) is 32.4 Å². The van der Waals surface area contributed by atoms with Gasteiger partial charge in [0.25, 0.3) is 0 Å². The van der Waals surface area contributed by atoms with E-state index in [0.717, 1.165) is 16.5 Å². The summed E-state index contributed by atoms with van der Waals surface area (Å²) in [5.74, 6) is -0.223. The predicted molar refractivity (Wildman–Crippen MR) is 73.4 cm³/mol. The van der Waals surface area contributed by atoms with Crippen molar-refractivity contribution in [1.82, 2.24) is 4.90 Å². The molecule has 0 aliphatic rings. The number of nitrogens with zero attached hydrogens (tertiary/aromatic N) is 1. The van der Waals surface area contributed by atoms with Gasteiger partial charge in [-0.3, -0.25) is 4.90 Å². The Bertz CT molecular complexity index is 370. The number of hydrogen-bond acceptors (Lipinski definition) is 2. The van der Waals surface area contributed by atoms with Gasteiger partial charge in [-0.05, 0) is 44.2 Å². The first-order valence-corrected chi connectivity index (χ1v) is 6.67. The van der Waals surface area contributed by atoms with Crippen LogP contribution in [0, 0.1) is 5.82 Å². The Kier molecular flexibility index (Phi) is 5.56. The Morgan fingerprint density at radius 1 is 1.47 bits per heavy atom. The van der Waals surface area contributed by atoms with E-state index in [4.69, 9.17) is 5.73 Å². The highest BCUT2D eigenvalue weighted by molar-refractivity contribution is 9.10. The van der Waals surface area contributed by atoms with Crippen LogP contribution < -0.4 is 5.73 Å². The zero-order chi connectivity index (χ0) is 13.0. The molecule has 0 saturated carbocycles. The number of nitrogens with two attached hydrogens (primary N) is 1. The van der Waals surface area contributed by atoms with E-state index >= 15 is 0 Å². The van der Waals surface area contributed by atoms with Gasteiger partial charge >= 0.3 is 0 Å². The molecule has 2 unspecified atom stereocenters. The molecule has 1 rings (SSSR count). The molecule has 0 aromatic heterocycles. The average Bonchev–Trinajstić information content (AvgIpc) is 2.33. The number of likely N-dealkylation sites (N-methyl/N-ethyl adjacent to an activating group) is 1. The van der Waals surface area contributed by atoms with E-state index in [0.29, 0.717) is 12.6 Å². The van der Waals surface area contributed by atoms with Crippen molar-refractivity contribution in [1.29, 1.82) is 0 Å². The molecule has 4 heteroatoms. The molecule has 0 fully saturated rings. The summed E-state index contributed by atoms with van der Waals surface area (Å²) in [5.41, 5.74) is 6.74. The molecular weight excluding hydrogens is 283 g/mol. The van der Waals surface area contributed by atoms with Gasteiger partial charge in [0.1, 0.15) is 5.82 Å². The molecule has 0 radical (unpaired) electrons. The van der Waals surface area contributed by atoms with Crippen LogP contribution in [0.25, 0.3) is 0 Å². The summed E-state index contributed by atoms with van der Waals surface area (Å²) in [5, 5.41) is 0. The molecule has 0 aliphatic carbocycles. The highest BCUT2D eigenvalue weighted by Gasteiger charge is 2.21. The minimum atomic E-state index is -0.223. The third-order valence-corrected chi connectivity index (χ3v) is 4.04. The van der Waals surface area contributed by atoms with Crippen LogP contribution in [-0.4, -0.2) is 24.5 Å². The first-order valence-electron chi connectivity index (χ1n) is 5.88. The van der Waals surface area contributed by atoms with Crippen molar-refractivity contribution in [3.63, 3.8) is 0 Å². The van der Waals surface area contributed by atoms with E-state index in [1.54, 1.807) is 12.1 Å². The maximum Gasteiger partial charge on any atom is 0.123 e. The zero-order valence-electron chi connectivity index (χ0n) is 10.6. The van der Waals surface area contributed by atoms with Crippen LogP contribution in [0.15, 0.2) is 22.7 Å². The molecule has 0 saturated heterocycles. The van der Waals surface area contributed by atoms with Crippen molar-refractivity contribution in [2.24, 2.45) is 5.73 Å². The summed E-state index contributed by atoms with van der Waals surface area (Å²) in [7, 11) is 2.03. The second-order valence-electron chi connectivity index (χ2n) is 4.34. The molecule has 0 spiro atoms. The minimum absolute atomic E-state index is 0.0371. The Labute approximate surface area is 111 Å². The summed E-state index contributed by atoms with van der Waals surface area (Å²) in [6.07, 6.45) is 1.04. The van der Waals surface area contributed by atoms with Gasteiger partial charge in [0.2, 0.25) is 0 Å². The molecule has 1 aromatic carbocycles. The summed E-state index contributed by atoms with van der Waals surface area (Å²) in [6, 6.07) is 5.19. The molecular formula is C13H20BrFN2. The quantitative estimate of drug-likeness (QED) is 0.904. The summed E-state index contributed by atoms with van der Waals surface area (Å²) in [6.45, 7) is 4.76. The first-order chi connectivity index (χ1) is 8.01. The Hall–Kier alpha value is -0.450. The fourth-order valence-electron chi connectivity index (χ4n) is 1.88. The lowest BCUT2D eigenvalue weighted by atomic mass is 10.0. The molecule has 0 heterocycles. The number of benzene rings is 1. The molecule has 96 valence electrons. The highest BCUT2D eigenvalue weighted by atomic mass is 79.9. The lowest BCUT2D eigenvalue weighted by molar-refractivity contribution is 0.184. The van der Waals surface area contributed by atoms with Gasteiger partial charge in [-0.2, -0.15) is 0 Å². The minimum Gasteiger partial charge on any atom is -0.329 e. The maximum absolute atomic E-state index is 13.3. The van der Waals surface area contributed by atoms with Crippen LogP contribution in [0.5, 0.6) is 0 Å². The van der Waals surface area contributed by atoms with Gasteiger partial charge in [-0.1, -0.05) is 22.9 Å². The van der Waals surface area contributed by atoms with Gasteiger partial charge in [-0.25, -0.2) is 4.39 Å². The van der Waals surface area contributed by atoms with E-state index in [1.807, 2.05) is 7.05 Å². The molecule has 0 bridgehead atoms. The van der Waals surface area contributed by atoms with Crippen LogP contribution >= 0.6 is 15.9 Å². The molecule has 0 aliphatic heterocycles. The van der Waals surface area contributed by atoms with Crippen molar-refractivity contribution in [3.8, 4) is 0 Å². The van der Waals surface area contributed by atoms with E-state index in [-0.39, 0.29) is 11.9 Å². The van der Waals surface area contributed by atoms with Gasteiger partial charge in [0.15, 0.2) is 0 Å². The Morgan fingerprint density at radius 2 is 2.12 bits per heavy atom. The topological polar surface area (TPSA) is 29.3 Å². The lowest BCUT2D eigenvalue weighted by Gasteiger charge is -2.32. The fourth-order valence-corrected chi connectivity index (χ4v) is 2.39. The standard InChI is InChI=1S/C13H20BrFN2/c1-4-9(2)17(3)13(8-16)11-7-10(15)5-6-12(11)14/h5-7,9,13H,4,8,16H2,1-3H3. The van der Waals surface area contributed by atoms with Crippen LogP contribution in [0.4, 0.5) is 4.39 Å². The second kappa shape index (κ2) is 6.47. The lowest BCUT2D eigenvalue weighted by Crippen LogP contribution is -2.36. The fraction of sp³-hybridized carbons (Fsp3) is 0.538. The Morgan fingerprint density at radius 3 is 2.65 bits per heavy atom. The number of rotatable bonds is 5. The summed E-state index contributed by atoms with van der Waals surface area (Å²) >= 11 is 3.46. The highest BCUT2D eigenvalue weighted by Crippen LogP contribution is 2.28. The maximum atomic E-state index is 13.3. The molecule has 1 aromatic rings. The first kappa shape index (κ1) is 14.6. The van der Waals surface area contributed by atoms with Gasteiger partial charge in [0, 0.05) is 23.1 Å². The van der Waals surface area contributed by atoms with Crippen molar-refractivity contribution < 1.29 is 4.39 Å². The predicted octanol–water partition coefficient (Wildman–Crippen LogP) is 3.32. The zero-order valence-corrected chi connectivity index (χ0v) is 12.2. The molecule has 2 N–H and O–H groups in total. The van der Waals surface area contributed by atoms with Crippen molar-refractivity contribution in [3.05, 3.63) is 34.1 Å². The molecule has 2 nitrogen and oxygen atoms in total. The third-order valence-electron chi connectivity index (χ3n) is 3.32. The van der Waals surface area contributed by atoms with E-state index < -0.39 is 0 Å². The van der Waals surface area contributed by atoms with Crippen LogP contribution in [-0.2, 0) is 0 Å².